The maximum atomic E-state index is 11.6. The number of cyclic esters (lactones) is 1. The van der Waals surface area contributed by atoms with Gasteiger partial charge in [0.25, 0.3) is 0 Å². The van der Waals surface area contributed by atoms with Gasteiger partial charge in [0.1, 0.15) is 6.61 Å². The van der Waals surface area contributed by atoms with E-state index in [9.17, 15) is 4.79 Å². The number of ether oxygens (including phenoxy) is 1. The Bertz CT molecular complexity index is 942. The van der Waals surface area contributed by atoms with Gasteiger partial charge < -0.3 is 14.5 Å². The molecule has 0 bridgehead atoms. The number of amides is 1. The summed E-state index contributed by atoms with van der Waals surface area (Å²) in [5.74, 6) is 0. The first-order valence-electron chi connectivity index (χ1n) is 11.4. The van der Waals surface area contributed by atoms with Crippen LogP contribution in [0.2, 0.25) is 0 Å². The Hall–Kier alpha value is -2.02. The van der Waals surface area contributed by atoms with Crippen LogP contribution in [0.1, 0.15) is 29.2 Å². The molecule has 5 nitrogen and oxygen atoms in total. The first-order valence-corrected chi connectivity index (χ1v) is 12.2. The molecule has 2 aromatic carbocycles. The van der Waals surface area contributed by atoms with Gasteiger partial charge in [-0.2, -0.15) is 0 Å². The van der Waals surface area contributed by atoms with Gasteiger partial charge >= 0.3 is 6.09 Å². The number of carbonyl (C=O) groups is 1. The summed E-state index contributed by atoms with van der Waals surface area (Å²) in [7, 11) is 0. The fraction of sp³-hybridized carbons (Fsp3) is 0.480. The summed E-state index contributed by atoms with van der Waals surface area (Å²) in [5.41, 5.74) is 4.30. The summed E-state index contributed by atoms with van der Waals surface area (Å²) >= 11 is 1.92. The molecule has 3 heterocycles. The molecule has 2 saturated heterocycles. The zero-order valence-corrected chi connectivity index (χ0v) is 19.1. The van der Waals surface area contributed by atoms with Crippen molar-refractivity contribution in [3.05, 3.63) is 59.2 Å². The van der Waals surface area contributed by atoms with Gasteiger partial charge in [-0.05, 0) is 49.6 Å². The number of aryl methyl sites for hydroxylation is 1. The molecule has 2 fully saturated rings. The van der Waals surface area contributed by atoms with Crippen molar-refractivity contribution in [1.82, 2.24) is 14.7 Å². The Balaban J connectivity index is 1.23. The van der Waals surface area contributed by atoms with Gasteiger partial charge in [0.2, 0.25) is 0 Å². The zero-order valence-electron chi connectivity index (χ0n) is 18.3. The van der Waals surface area contributed by atoms with E-state index >= 15 is 0 Å². The van der Waals surface area contributed by atoms with Gasteiger partial charge in [0.05, 0.1) is 6.54 Å². The molecular weight excluding hydrogens is 406 g/mol. The van der Waals surface area contributed by atoms with Gasteiger partial charge in [-0.3, -0.25) is 4.90 Å². The predicted octanol–water partition coefficient (Wildman–Crippen LogP) is 4.20. The highest BCUT2D eigenvalue weighted by Gasteiger charge is 2.30. The molecule has 31 heavy (non-hydrogen) atoms. The largest absolute Gasteiger partial charge is 0.448 e. The van der Waals surface area contributed by atoms with Gasteiger partial charge in [0.15, 0.2) is 0 Å². The third-order valence-electron chi connectivity index (χ3n) is 6.72. The molecule has 5 rings (SSSR count). The molecule has 1 unspecified atom stereocenters. The minimum Gasteiger partial charge on any atom is -0.448 e. The van der Waals surface area contributed by atoms with Crippen molar-refractivity contribution >= 4 is 17.9 Å². The predicted molar refractivity (Wildman–Crippen MR) is 124 cm³/mol. The smallest absolute Gasteiger partial charge is 0.409 e. The molecule has 164 valence electrons. The Morgan fingerprint density at radius 1 is 1.00 bits per heavy atom. The highest BCUT2D eigenvalue weighted by Crippen LogP contribution is 2.43. The maximum absolute atomic E-state index is 11.6. The topological polar surface area (TPSA) is 36.0 Å². The fourth-order valence-corrected chi connectivity index (χ4v) is 6.11. The van der Waals surface area contributed by atoms with Crippen LogP contribution in [0.4, 0.5) is 4.79 Å². The van der Waals surface area contributed by atoms with Crippen LogP contribution in [0.15, 0.2) is 52.3 Å². The van der Waals surface area contributed by atoms with E-state index in [0.29, 0.717) is 12.6 Å². The second-order valence-electron chi connectivity index (χ2n) is 8.80. The molecule has 2 aromatic rings. The first kappa shape index (κ1) is 20.9. The van der Waals surface area contributed by atoms with E-state index in [-0.39, 0.29) is 6.09 Å². The Morgan fingerprint density at radius 3 is 2.65 bits per heavy atom. The van der Waals surface area contributed by atoms with Crippen molar-refractivity contribution in [2.75, 3.05) is 52.4 Å². The number of piperazine rings is 1. The minimum atomic E-state index is -0.148. The number of benzene rings is 2. The summed E-state index contributed by atoms with van der Waals surface area (Å²) in [6, 6.07) is 16.3. The maximum Gasteiger partial charge on any atom is 0.409 e. The lowest BCUT2D eigenvalue weighted by Gasteiger charge is -2.39. The van der Waals surface area contributed by atoms with Crippen LogP contribution in [0.3, 0.4) is 0 Å². The molecule has 6 heteroatoms. The van der Waals surface area contributed by atoms with Crippen molar-refractivity contribution in [2.24, 2.45) is 0 Å². The van der Waals surface area contributed by atoms with Crippen molar-refractivity contribution in [2.45, 2.75) is 35.6 Å². The monoisotopic (exact) mass is 437 g/mol. The second kappa shape index (κ2) is 9.23. The average Bonchev–Trinajstić information content (AvgIpc) is 3.11. The lowest BCUT2D eigenvalue weighted by atomic mass is 9.96. The summed E-state index contributed by atoms with van der Waals surface area (Å²) in [4.78, 5) is 21.5. The van der Waals surface area contributed by atoms with Gasteiger partial charge in [-0.25, -0.2) is 4.79 Å². The summed E-state index contributed by atoms with van der Waals surface area (Å²) in [5, 5.41) is 0. The molecule has 0 aliphatic carbocycles. The molecular formula is C25H31N3O2S. The van der Waals surface area contributed by atoms with Crippen LogP contribution in [-0.2, 0) is 11.2 Å². The van der Waals surface area contributed by atoms with E-state index in [4.69, 9.17) is 4.74 Å². The number of hydrogen-bond donors (Lipinski definition) is 0. The van der Waals surface area contributed by atoms with Crippen LogP contribution in [0.5, 0.6) is 0 Å². The molecule has 0 spiro atoms. The van der Waals surface area contributed by atoms with Gasteiger partial charge in [0, 0.05) is 48.6 Å². The molecule has 1 atom stereocenters. The molecule has 3 aliphatic rings. The SMILES string of the molecule is Cc1ccc2c(c1)CC(N1CCN(CCCN3CCOC3=O)CC1)c1ccccc1S2. The van der Waals surface area contributed by atoms with Crippen molar-refractivity contribution in [3.8, 4) is 0 Å². The number of hydrogen-bond acceptors (Lipinski definition) is 5. The molecule has 0 aromatic heterocycles. The lowest BCUT2D eigenvalue weighted by Crippen LogP contribution is -2.48. The number of fused-ring (bicyclic) bond motifs is 2. The van der Waals surface area contributed by atoms with E-state index in [0.717, 1.165) is 58.7 Å². The van der Waals surface area contributed by atoms with Gasteiger partial charge in [-0.1, -0.05) is 47.7 Å². The van der Waals surface area contributed by atoms with E-state index in [1.807, 2.05) is 16.7 Å². The second-order valence-corrected chi connectivity index (χ2v) is 9.89. The Labute approximate surface area is 189 Å². The van der Waals surface area contributed by atoms with E-state index in [1.54, 1.807) is 0 Å². The third kappa shape index (κ3) is 4.61. The summed E-state index contributed by atoms with van der Waals surface area (Å²) in [6.07, 6.45) is 1.95. The lowest BCUT2D eigenvalue weighted by molar-refractivity contribution is 0.0919. The third-order valence-corrected chi connectivity index (χ3v) is 7.93. The summed E-state index contributed by atoms with van der Waals surface area (Å²) < 4.78 is 5.03. The number of rotatable bonds is 5. The normalized spacial score (nSPS) is 22.0. The van der Waals surface area contributed by atoms with Crippen LogP contribution in [-0.4, -0.2) is 73.2 Å². The zero-order chi connectivity index (χ0) is 21.2. The first-order chi connectivity index (χ1) is 15.2. The molecule has 0 radical (unpaired) electrons. The highest BCUT2D eigenvalue weighted by molar-refractivity contribution is 7.99. The average molecular weight is 438 g/mol. The number of carbonyl (C=O) groups excluding carboxylic acids is 1. The molecule has 1 amide bonds. The van der Waals surface area contributed by atoms with Gasteiger partial charge in [-0.15, -0.1) is 0 Å². The molecule has 3 aliphatic heterocycles. The van der Waals surface area contributed by atoms with E-state index < -0.39 is 0 Å². The minimum absolute atomic E-state index is 0.148. The van der Waals surface area contributed by atoms with Crippen LogP contribution in [0, 0.1) is 6.92 Å². The fourth-order valence-electron chi connectivity index (χ4n) is 4.99. The van der Waals surface area contributed by atoms with Crippen molar-refractivity contribution in [3.63, 3.8) is 0 Å². The Morgan fingerprint density at radius 2 is 1.84 bits per heavy atom. The number of nitrogens with zero attached hydrogens (tertiary/aromatic N) is 3. The van der Waals surface area contributed by atoms with E-state index in [1.165, 1.54) is 26.5 Å². The molecule has 0 N–H and O–H groups in total. The quantitative estimate of drug-likeness (QED) is 0.701. The van der Waals surface area contributed by atoms with Crippen LogP contribution >= 0.6 is 11.8 Å². The van der Waals surface area contributed by atoms with Crippen molar-refractivity contribution in [1.29, 1.82) is 0 Å². The molecule has 0 saturated carbocycles. The highest BCUT2D eigenvalue weighted by atomic mass is 32.2. The summed E-state index contributed by atoms with van der Waals surface area (Å²) in [6.45, 7) is 9.72. The van der Waals surface area contributed by atoms with Crippen LogP contribution in [0.25, 0.3) is 0 Å². The van der Waals surface area contributed by atoms with E-state index in [2.05, 4.69) is 59.2 Å². The Kier molecular flexibility index (Phi) is 6.21. The van der Waals surface area contributed by atoms with Crippen molar-refractivity contribution < 1.29 is 9.53 Å². The standard InChI is InChI=1S/C25H31N3O2S/c1-19-7-8-23-20(17-19)18-22(21-5-2-3-6-24(21)31-23)27-13-11-26(12-14-27)9-4-10-28-15-16-30-25(28)29/h2-3,5-8,17,22H,4,9-16,18H2,1H3. The van der Waals surface area contributed by atoms with Crippen LogP contribution < -0.4 is 0 Å².